The maximum atomic E-state index is 12.2. The van der Waals surface area contributed by atoms with Gasteiger partial charge in [0.1, 0.15) is 17.1 Å². The Labute approximate surface area is 115 Å². The Hall–Kier alpha value is -1.88. The predicted octanol–water partition coefficient (Wildman–Crippen LogP) is 2.90. The highest BCUT2D eigenvalue weighted by Crippen LogP contribution is 2.30. The van der Waals surface area contributed by atoms with E-state index in [4.69, 9.17) is 0 Å². The summed E-state index contributed by atoms with van der Waals surface area (Å²) in [4.78, 5) is 17.3. The van der Waals surface area contributed by atoms with Crippen LogP contribution in [0.5, 0.6) is 11.5 Å². The van der Waals surface area contributed by atoms with Crippen molar-refractivity contribution >= 4 is 17.1 Å². The molecule has 0 aliphatic carbocycles. The van der Waals surface area contributed by atoms with Gasteiger partial charge >= 0.3 is 0 Å². The highest BCUT2D eigenvalue weighted by molar-refractivity contribution is 7.11. The third-order valence-corrected chi connectivity index (χ3v) is 3.91. The first-order chi connectivity index (χ1) is 8.88. The first-order valence-corrected chi connectivity index (χ1v) is 6.69. The molecule has 5 heteroatoms. The molecule has 0 unspecified atom stereocenters. The average Bonchev–Trinajstić information content (AvgIpc) is 2.55. The average molecular weight is 277 g/mol. The molecular formula is C14H15NO3S. The summed E-state index contributed by atoms with van der Waals surface area (Å²) in [6.45, 7) is 5.47. The number of hydrogen-bond donors (Lipinski definition) is 2. The molecule has 0 spiro atoms. The molecule has 1 aromatic heterocycles. The molecule has 100 valence electrons. The Kier molecular flexibility index (Phi) is 3.57. The quantitative estimate of drug-likeness (QED) is 0.846. The number of rotatable bonds is 3. The number of aryl methyl sites for hydroxylation is 3. The molecule has 2 N–H and O–H groups in total. The maximum absolute atomic E-state index is 12.2. The van der Waals surface area contributed by atoms with E-state index in [2.05, 4.69) is 4.98 Å². The highest BCUT2D eigenvalue weighted by Gasteiger charge is 2.19. The lowest BCUT2D eigenvalue weighted by Gasteiger charge is -2.07. The summed E-state index contributed by atoms with van der Waals surface area (Å²) in [6, 6.07) is 2.94. The van der Waals surface area contributed by atoms with E-state index >= 15 is 0 Å². The zero-order valence-electron chi connectivity index (χ0n) is 11.0. The predicted molar refractivity (Wildman–Crippen MR) is 74.1 cm³/mol. The van der Waals surface area contributed by atoms with Crippen LogP contribution in [-0.4, -0.2) is 21.0 Å². The summed E-state index contributed by atoms with van der Waals surface area (Å²) in [7, 11) is 0. The van der Waals surface area contributed by atoms with Crippen molar-refractivity contribution in [3.63, 3.8) is 0 Å². The molecule has 0 atom stereocenters. The molecule has 0 bridgehead atoms. The van der Waals surface area contributed by atoms with Crippen LogP contribution in [0.1, 0.15) is 31.5 Å². The molecule has 0 radical (unpaired) electrons. The van der Waals surface area contributed by atoms with E-state index in [-0.39, 0.29) is 29.3 Å². The summed E-state index contributed by atoms with van der Waals surface area (Å²) in [5.74, 6) is -0.662. The van der Waals surface area contributed by atoms with Gasteiger partial charge in [-0.15, -0.1) is 11.3 Å². The van der Waals surface area contributed by atoms with E-state index in [0.29, 0.717) is 5.56 Å². The van der Waals surface area contributed by atoms with Crippen molar-refractivity contribution in [2.45, 2.75) is 27.2 Å². The molecule has 1 heterocycles. The van der Waals surface area contributed by atoms with E-state index < -0.39 is 0 Å². The van der Waals surface area contributed by atoms with Crippen LogP contribution >= 0.6 is 11.3 Å². The standard InChI is InChI=1S/C14H15NO3S/c1-7-4-10(16)14(11(17)5-7)12(18)6-13-8(2)15-9(3)19-13/h4-5,16-17H,6H2,1-3H3. The minimum absolute atomic E-state index is 0.0175. The third kappa shape index (κ3) is 2.76. The number of carbonyl (C=O) groups excluding carboxylic acids is 1. The summed E-state index contributed by atoms with van der Waals surface area (Å²) < 4.78 is 0. The first kappa shape index (κ1) is 13.5. The molecule has 2 aromatic rings. The maximum Gasteiger partial charge on any atom is 0.175 e. The van der Waals surface area contributed by atoms with E-state index in [1.165, 1.54) is 23.5 Å². The van der Waals surface area contributed by atoms with Gasteiger partial charge in [0.2, 0.25) is 0 Å². The number of aromatic hydroxyl groups is 2. The molecule has 0 amide bonds. The van der Waals surface area contributed by atoms with Gasteiger partial charge in [-0.05, 0) is 38.5 Å². The first-order valence-electron chi connectivity index (χ1n) is 5.87. The van der Waals surface area contributed by atoms with Crippen LogP contribution in [0.3, 0.4) is 0 Å². The van der Waals surface area contributed by atoms with Crippen molar-refractivity contribution in [1.82, 2.24) is 4.98 Å². The Morgan fingerprint density at radius 2 is 1.79 bits per heavy atom. The number of ketones is 1. The van der Waals surface area contributed by atoms with Crippen LogP contribution in [0.2, 0.25) is 0 Å². The number of nitrogens with zero attached hydrogens (tertiary/aromatic N) is 1. The van der Waals surface area contributed by atoms with E-state index in [1.807, 2.05) is 13.8 Å². The van der Waals surface area contributed by atoms with Gasteiger partial charge in [0.15, 0.2) is 5.78 Å². The van der Waals surface area contributed by atoms with Gasteiger partial charge in [-0.3, -0.25) is 4.79 Å². The second kappa shape index (κ2) is 5.01. The lowest BCUT2D eigenvalue weighted by atomic mass is 10.0. The fraction of sp³-hybridized carbons (Fsp3) is 0.286. The van der Waals surface area contributed by atoms with E-state index in [0.717, 1.165) is 15.6 Å². The Bertz CT molecular complexity index is 623. The zero-order valence-corrected chi connectivity index (χ0v) is 11.8. The van der Waals surface area contributed by atoms with Crippen LogP contribution in [0.4, 0.5) is 0 Å². The van der Waals surface area contributed by atoms with Gasteiger partial charge in [0.25, 0.3) is 0 Å². The SMILES string of the molecule is Cc1cc(O)c(C(=O)Cc2sc(C)nc2C)c(O)c1. The van der Waals surface area contributed by atoms with Gasteiger partial charge in [-0.2, -0.15) is 0 Å². The molecule has 4 nitrogen and oxygen atoms in total. The second-order valence-electron chi connectivity index (χ2n) is 4.52. The molecule has 2 rings (SSSR count). The summed E-state index contributed by atoms with van der Waals surface area (Å²) in [5, 5.41) is 20.5. The van der Waals surface area contributed by atoms with Gasteiger partial charge in [-0.1, -0.05) is 0 Å². The molecule has 0 aliphatic rings. The van der Waals surface area contributed by atoms with Gasteiger partial charge in [-0.25, -0.2) is 4.98 Å². The van der Waals surface area contributed by atoms with Crippen LogP contribution in [0, 0.1) is 20.8 Å². The number of aromatic nitrogens is 1. The highest BCUT2D eigenvalue weighted by atomic mass is 32.1. The Balaban J connectivity index is 2.33. The zero-order chi connectivity index (χ0) is 14.2. The molecule has 19 heavy (non-hydrogen) atoms. The Morgan fingerprint density at radius 3 is 2.26 bits per heavy atom. The smallest absolute Gasteiger partial charge is 0.175 e. The van der Waals surface area contributed by atoms with Crippen LogP contribution in [0.15, 0.2) is 12.1 Å². The van der Waals surface area contributed by atoms with E-state index in [1.54, 1.807) is 6.92 Å². The summed E-state index contributed by atoms with van der Waals surface area (Å²) >= 11 is 1.46. The monoisotopic (exact) mass is 277 g/mol. The molecule has 1 aromatic carbocycles. The van der Waals surface area contributed by atoms with E-state index in [9.17, 15) is 15.0 Å². The molecule has 0 saturated heterocycles. The summed E-state index contributed by atoms with van der Waals surface area (Å²) in [5.41, 5.74) is 1.51. The van der Waals surface area contributed by atoms with Crippen molar-refractivity contribution in [3.05, 3.63) is 38.8 Å². The van der Waals surface area contributed by atoms with Crippen LogP contribution in [-0.2, 0) is 6.42 Å². The van der Waals surface area contributed by atoms with Crippen molar-refractivity contribution in [2.24, 2.45) is 0 Å². The van der Waals surface area contributed by atoms with Crippen LogP contribution < -0.4 is 0 Å². The fourth-order valence-electron chi connectivity index (χ4n) is 2.01. The van der Waals surface area contributed by atoms with Crippen molar-refractivity contribution in [2.75, 3.05) is 0 Å². The topological polar surface area (TPSA) is 70.4 Å². The van der Waals surface area contributed by atoms with Gasteiger partial charge in [0.05, 0.1) is 10.7 Å². The number of thiazole rings is 1. The number of carbonyl (C=O) groups is 1. The van der Waals surface area contributed by atoms with Crippen molar-refractivity contribution in [1.29, 1.82) is 0 Å². The van der Waals surface area contributed by atoms with Crippen molar-refractivity contribution < 1.29 is 15.0 Å². The number of phenols is 2. The number of Topliss-reactive ketones (excluding diaryl/α,β-unsaturated/α-hetero) is 1. The molecule has 0 aliphatic heterocycles. The molecular weight excluding hydrogens is 262 g/mol. The Morgan fingerprint density at radius 1 is 1.21 bits per heavy atom. The molecule has 0 fully saturated rings. The number of hydrogen-bond acceptors (Lipinski definition) is 5. The number of benzene rings is 1. The lowest BCUT2D eigenvalue weighted by Crippen LogP contribution is -2.04. The molecule has 0 saturated carbocycles. The van der Waals surface area contributed by atoms with Gasteiger partial charge in [0, 0.05) is 11.3 Å². The fourth-order valence-corrected chi connectivity index (χ4v) is 2.94. The number of phenolic OH excluding ortho intramolecular Hbond substituents is 2. The summed E-state index contributed by atoms with van der Waals surface area (Å²) in [6.07, 6.45) is 0.140. The normalized spacial score (nSPS) is 10.7. The minimum atomic E-state index is -0.304. The lowest BCUT2D eigenvalue weighted by molar-refractivity contribution is 0.0988. The van der Waals surface area contributed by atoms with Crippen LogP contribution in [0.25, 0.3) is 0 Å². The minimum Gasteiger partial charge on any atom is -0.507 e. The second-order valence-corrected chi connectivity index (χ2v) is 5.81. The van der Waals surface area contributed by atoms with Crippen molar-refractivity contribution in [3.8, 4) is 11.5 Å². The van der Waals surface area contributed by atoms with Gasteiger partial charge < -0.3 is 10.2 Å². The largest absolute Gasteiger partial charge is 0.507 e. The third-order valence-electron chi connectivity index (χ3n) is 2.84.